The second-order valence-corrected chi connectivity index (χ2v) is 5.13. The number of alkyl halides is 3. The number of aliphatic hydroxyl groups excluding tert-OH is 1. The van der Waals surface area contributed by atoms with Crippen LogP contribution < -0.4 is 5.73 Å². The molecule has 2 nitrogen and oxygen atoms in total. The predicted octanol–water partition coefficient (Wildman–Crippen LogP) is 4.33. The van der Waals surface area contributed by atoms with E-state index in [0.29, 0.717) is 12.5 Å². The zero-order valence-electron chi connectivity index (χ0n) is 11.4. The summed E-state index contributed by atoms with van der Waals surface area (Å²) in [6.45, 7) is 3.37. The van der Waals surface area contributed by atoms with Gasteiger partial charge in [0.2, 0.25) is 0 Å². The van der Waals surface area contributed by atoms with Gasteiger partial charge in [0.15, 0.2) is 0 Å². The van der Waals surface area contributed by atoms with Crippen molar-refractivity contribution in [2.24, 2.45) is 11.7 Å². The van der Waals surface area contributed by atoms with Crippen LogP contribution in [0.1, 0.15) is 37.4 Å². The van der Waals surface area contributed by atoms with E-state index in [4.69, 9.17) is 17.3 Å². The van der Waals surface area contributed by atoms with E-state index < -0.39 is 40.3 Å². The first-order valence-corrected chi connectivity index (χ1v) is 6.47. The van der Waals surface area contributed by atoms with Crippen LogP contribution in [0.5, 0.6) is 0 Å². The average Bonchev–Trinajstić information content (AvgIpc) is 2.37. The second kappa shape index (κ2) is 7.63. The van der Waals surface area contributed by atoms with Crippen LogP contribution in [-0.2, 0) is 6.18 Å². The topological polar surface area (TPSA) is 46.2 Å². The Morgan fingerprint density at radius 1 is 1.33 bits per heavy atom. The summed E-state index contributed by atoms with van der Waals surface area (Å²) in [7, 11) is 0. The van der Waals surface area contributed by atoms with Crippen molar-refractivity contribution in [1.82, 2.24) is 0 Å². The highest BCUT2D eigenvalue weighted by molar-refractivity contribution is 6.30. The minimum atomic E-state index is -4.77. The smallest absolute Gasteiger partial charge is 0.391 e. The van der Waals surface area contributed by atoms with E-state index in [0.717, 1.165) is 6.07 Å². The lowest BCUT2D eigenvalue weighted by Gasteiger charge is -2.27. The lowest BCUT2D eigenvalue weighted by molar-refractivity contribution is -0.139. The maximum absolute atomic E-state index is 13.9. The molecule has 1 aromatic rings. The van der Waals surface area contributed by atoms with Crippen molar-refractivity contribution in [3.05, 3.63) is 34.1 Å². The Morgan fingerprint density at radius 3 is 2.29 bits per heavy atom. The van der Waals surface area contributed by atoms with Gasteiger partial charge in [-0.3, -0.25) is 0 Å². The van der Waals surface area contributed by atoms with Crippen LogP contribution >= 0.6 is 24.0 Å². The average molecular weight is 350 g/mol. The van der Waals surface area contributed by atoms with E-state index in [2.05, 4.69) is 0 Å². The Morgan fingerprint density at radius 2 is 1.86 bits per heavy atom. The molecule has 3 atom stereocenters. The molecule has 0 aliphatic rings. The lowest BCUT2D eigenvalue weighted by atomic mass is 9.88. The summed E-state index contributed by atoms with van der Waals surface area (Å²) in [6.07, 6.45) is -5.57. The molecule has 0 radical (unpaired) electrons. The van der Waals surface area contributed by atoms with Crippen LogP contribution in [0.2, 0.25) is 5.02 Å². The van der Waals surface area contributed by atoms with Gasteiger partial charge < -0.3 is 10.8 Å². The fourth-order valence-corrected chi connectivity index (χ4v) is 2.07. The molecule has 0 aliphatic heterocycles. The van der Waals surface area contributed by atoms with Gasteiger partial charge in [-0.2, -0.15) is 13.2 Å². The number of nitrogens with two attached hydrogens (primary N) is 1. The van der Waals surface area contributed by atoms with Crippen LogP contribution in [0.15, 0.2) is 12.1 Å². The maximum atomic E-state index is 13.9. The maximum Gasteiger partial charge on any atom is 0.416 e. The van der Waals surface area contributed by atoms with Crippen LogP contribution in [0.4, 0.5) is 17.6 Å². The van der Waals surface area contributed by atoms with E-state index in [1.807, 2.05) is 0 Å². The lowest BCUT2D eigenvalue weighted by Crippen LogP contribution is -2.34. The first kappa shape index (κ1) is 20.4. The molecular weight excluding hydrogens is 333 g/mol. The molecular formula is C13H17Cl2F4NO. The summed E-state index contributed by atoms with van der Waals surface area (Å²) in [5.41, 5.74) is 3.63. The Bertz CT molecular complexity index is 482. The van der Waals surface area contributed by atoms with Gasteiger partial charge in [-0.05, 0) is 18.1 Å². The fraction of sp³-hybridized carbons (Fsp3) is 0.538. The zero-order chi connectivity index (χ0) is 15.7. The Hall–Kier alpha value is -0.560. The molecule has 0 aliphatic carbocycles. The monoisotopic (exact) mass is 349 g/mol. The normalized spacial score (nSPS) is 16.0. The first-order chi connectivity index (χ1) is 9.11. The van der Waals surface area contributed by atoms with Gasteiger partial charge in [0.1, 0.15) is 5.82 Å². The van der Waals surface area contributed by atoms with Crippen LogP contribution in [-0.4, -0.2) is 11.2 Å². The molecule has 0 spiro atoms. The summed E-state index contributed by atoms with van der Waals surface area (Å²) in [4.78, 5) is 0. The molecule has 21 heavy (non-hydrogen) atoms. The highest BCUT2D eigenvalue weighted by atomic mass is 35.5. The zero-order valence-corrected chi connectivity index (χ0v) is 13.0. The summed E-state index contributed by atoms with van der Waals surface area (Å²) in [5, 5.41) is 9.48. The van der Waals surface area contributed by atoms with Crippen molar-refractivity contribution in [2.45, 2.75) is 38.6 Å². The predicted molar refractivity (Wildman–Crippen MR) is 76.1 cm³/mol. The number of benzene rings is 1. The summed E-state index contributed by atoms with van der Waals surface area (Å²) in [6, 6.07) is -0.00421. The van der Waals surface area contributed by atoms with Crippen LogP contribution in [0, 0.1) is 11.7 Å². The fourth-order valence-electron chi connectivity index (χ4n) is 1.91. The minimum absolute atomic E-state index is 0. The van der Waals surface area contributed by atoms with Crippen LogP contribution in [0.3, 0.4) is 0 Å². The number of hydrogen-bond acceptors (Lipinski definition) is 2. The molecule has 0 saturated heterocycles. The van der Waals surface area contributed by atoms with Gasteiger partial charge in [0, 0.05) is 5.56 Å². The number of aliphatic hydroxyl groups is 1. The van der Waals surface area contributed by atoms with Crippen molar-refractivity contribution in [1.29, 1.82) is 0 Å². The van der Waals surface area contributed by atoms with E-state index >= 15 is 0 Å². The van der Waals surface area contributed by atoms with Crippen LogP contribution in [0.25, 0.3) is 0 Å². The van der Waals surface area contributed by atoms with Crippen molar-refractivity contribution in [3.63, 3.8) is 0 Å². The molecule has 0 bridgehead atoms. The molecule has 3 N–H and O–H groups in total. The van der Waals surface area contributed by atoms with E-state index in [1.165, 1.54) is 0 Å². The SMILES string of the molecule is CCC(C)[C@@H](O)[C@@H](N)c1c(C(F)(F)F)ccc(Cl)c1F.Cl. The molecule has 0 saturated carbocycles. The quantitative estimate of drug-likeness (QED) is 0.795. The largest absolute Gasteiger partial charge is 0.416 e. The third-order valence-electron chi connectivity index (χ3n) is 3.37. The van der Waals surface area contributed by atoms with E-state index in [-0.39, 0.29) is 18.3 Å². The van der Waals surface area contributed by atoms with Crippen molar-refractivity contribution in [3.8, 4) is 0 Å². The summed E-state index contributed by atoms with van der Waals surface area (Å²) < 4.78 is 52.7. The van der Waals surface area contributed by atoms with Gasteiger partial charge in [-0.15, -0.1) is 12.4 Å². The highest BCUT2D eigenvalue weighted by Crippen LogP contribution is 2.39. The molecule has 1 rings (SSSR count). The molecule has 122 valence electrons. The molecule has 0 aromatic heterocycles. The molecule has 1 unspecified atom stereocenters. The first-order valence-electron chi connectivity index (χ1n) is 6.10. The Kier molecular flexibility index (Phi) is 7.42. The molecule has 8 heteroatoms. The minimum Gasteiger partial charge on any atom is -0.391 e. The Balaban J connectivity index is 0.00000400. The standard InChI is InChI=1S/C13H16ClF4NO.ClH/c1-3-6(2)12(20)11(19)9-7(13(16,17)18)4-5-8(14)10(9)15;/h4-6,11-12,20H,3,19H2,1-2H3;1H/t6?,11-,12+;/m0./s1. The van der Waals surface area contributed by atoms with E-state index in [9.17, 15) is 22.7 Å². The Labute approximate surface area is 131 Å². The van der Waals surface area contributed by atoms with Gasteiger partial charge in [0.25, 0.3) is 0 Å². The van der Waals surface area contributed by atoms with Crippen molar-refractivity contribution in [2.75, 3.05) is 0 Å². The van der Waals surface area contributed by atoms with Gasteiger partial charge in [-0.1, -0.05) is 31.9 Å². The highest BCUT2D eigenvalue weighted by Gasteiger charge is 2.39. The van der Waals surface area contributed by atoms with Gasteiger partial charge >= 0.3 is 6.18 Å². The number of rotatable bonds is 4. The molecule has 0 amide bonds. The summed E-state index contributed by atoms with van der Waals surface area (Å²) in [5.74, 6) is -1.61. The van der Waals surface area contributed by atoms with Gasteiger partial charge in [-0.25, -0.2) is 4.39 Å². The molecule has 1 aromatic carbocycles. The van der Waals surface area contributed by atoms with E-state index in [1.54, 1.807) is 13.8 Å². The third-order valence-corrected chi connectivity index (χ3v) is 3.66. The molecule has 0 fully saturated rings. The summed E-state index contributed by atoms with van der Waals surface area (Å²) >= 11 is 5.52. The number of hydrogen-bond donors (Lipinski definition) is 2. The second-order valence-electron chi connectivity index (χ2n) is 4.72. The van der Waals surface area contributed by atoms with Gasteiger partial charge in [0.05, 0.1) is 22.7 Å². The van der Waals surface area contributed by atoms with Crippen molar-refractivity contribution < 1.29 is 22.7 Å². The number of halogens is 6. The van der Waals surface area contributed by atoms with Crippen molar-refractivity contribution >= 4 is 24.0 Å². The third kappa shape index (κ3) is 4.45. The molecule has 0 heterocycles.